The molecule has 0 aromatic carbocycles. The summed E-state index contributed by atoms with van der Waals surface area (Å²) in [7, 11) is 1.82. The molecule has 2 heterocycles. The van der Waals surface area contributed by atoms with Crippen molar-refractivity contribution >= 4 is 11.5 Å². The SMILES string of the molecule is CCc1nc(NC)c(N)cc1-c1ccncc1. The van der Waals surface area contributed by atoms with E-state index in [0.717, 1.165) is 29.1 Å². The second-order valence-electron chi connectivity index (χ2n) is 3.76. The van der Waals surface area contributed by atoms with Crippen LogP contribution in [0.4, 0.5) is 11.5 Å². The minimum Gasteiger partial charge on any atom is -0.396 e. The molecule has 0 aliphatic carbocycles. The number of nitrogens with two attached hydrogens (primary N) is 1. The summed E-state index contributed by atoms with van der Waals surface area (Å²) < 4.78 is 0. The molecule has 0 fully saturated rings. The van der Waals surface area contributed by atoms with Crippen LogP contribution >= 0.6 is 0 Å². The highest BCUT2D eigenvalue weighted by Gasteiger charge is 2.09. The van der Waals surface area contributed by atoms with Gasteiger partial charge in [-0.15, -0.1) is 0 Å². The summed E-state index contributed by atoms with van der Waals surface area (Å²) in [5.41, 5.74) is 9.82. The van der Waals surface area contributed by atoms with Gasteiger partial charge in [-0.1, -0.05) is 6.92 Å². The van der Waals surface area contributed by atoms with E-state index in [0.29, 0.717) is 5.69 Å². The number of hydrogen-bond donors (Lipinski definition) is 2. The predicted molar refractivity (Wildman–Crippen MR) is 70.8 cm³/mol. The van der Waals surface area contributed by atoms with Crippen molar-refractivity contribution in [3.63, 3.8) is 0 Å². The average Bonchev–Trinajstić information content (AvgIpc) is 2.39. The second kappa shape index (κ2) is 4.82. The highest BCUT2D eigenvalue weighted by molar-refractivity contribution is 5.74. The number of aryl methyl sites for hydroxylation is 1. The molecule has 2 aromatic rings. The first-order valence-electron chi connectivity index (χ1n) is 5.63. The van der Waals surface area contributed by atoms with Crippen molar-refractivity contribution < 1.29 is 0 Å². The first-order valence-corrected chi connectivity index (χ1v) is 5.63. The van der Waals surface area contributed by atoms with Gasteiger partial charge in [0.2, 0.25) is 0 Å². The minimum atomic E-state index is 0.663. The Hall–Kier alpha value is -2.10. The molecule has 0 aliphatic heterocycles. The summed E-state index contributed by atoms with van der Waals surface area (Å²) in [5.74, 6) is 0.736. The molecule has 88 valence electrons. The second-order valence-corrected chi connectivity index (χ2v) is 3.76. The van der Waals surface area contributed by atoms with Gasteiger partial charge in [-0.05, 0) is 30.2 Å². The van der Waals surface area contributed by atoms with Gasteiger partial charge in [0.1, 0.15) is 5.82 Å². The summed E-state index contributed by atoms with van der Waals surface area (Å²) in [6.45, 7) is 2.09. The zero-order chi connectivity index (χ0) is 12.3. The smallest absolute Gasteiger partial charge is 0.149 e. The van der Waals surface area contributed by atoms with E-state index in [4.69, 9.17) is 5.73 Å². The quantitative estimate of drug-likeness (QED) is 0.846. The Labute approximate surface area is 101 Å². The van der Waals surface area contributed by atoms with E-state index >= 15 is 0 Å². The largest absolute Gasteiger partial charge is 0.396 e. The first-order chi connectivity index (χ1) is 8.26. The van der Waals surface area contributed by atoms with Crippen LogP contribution in [0, 0.1) is 0 Å². The molecule has 0 radical (unpaired) electrons. The lowest BCUT2D eigenvalue weighted by molar-refractivity contribution is 1.04. The van der Waals surface area contributed by atoms with Crippen molar-refractivity contribution in [1.82, 2.24) is 9.97 Å². The fraction of sp³-hybridized carbons (Fsp3) is 0.231. The van der Waals surface area contributed by atoms with Crippen molar-refractivity contribution in [1.29, 1.82) is 0 Å². The summed E-state index contributed by atoms with van der Waals surface area (Å²) in [5, 5.41) is 3.00. The lowest BCUT2D eigenvalue weighted by Gasteiger charge is -2.12. The number of nitrogens with one attached hydrogen (secondary N) is 1. The fourth-order valence-electron chi connectivity index (χ4n) is 1.82. The Morgan fingerprint density at radius 2 is 2.00 bits per heavy atom. The molecule has 0 spiro atoms. The summed E-state index contributed by atoms with van der Waals surface area (Å²) in [6, 6.07) is 5.90. The van der Waals surface area contributed by atoms with Crippen LogP contribution in [0.3, 0.4) is 0 Å². The normalized spacial score (nSPS) is 10.2. The molecule has 17 heavy (non-hydrogen) atoms. The first kappa shape index (κ1) is 11.4. The van der Waals surface area contributed by atoms with Crippen molar-refractivity contribution in [2.24, 2.45) is 0 Å². The predicted octanol–water partition coefficient (Wildman–Crippen LogP) is 2.33. The topological polar surface area (TPSA) is 63.8 Å². The molecule has 0 saturated heterocycles. The molecule has 0 aliphatic rings. The maximum absolute atomic E-state index is 5.95. The molecule has 2 aromatic heterocycles. The number of rotatable bonds is 3. The van der Waals surface area contributed by atoms with E-state index in [2.05, 4.69) is 22.2 Å². The number of aromatic nitrogens is 2. The maximum Gasteiger partial charge on any atom is 0.149 e. The maximum atomic E-state index is 5.95. The lowest BCUT2D eigenvalue weighted by atomic mass is 10.0. The summed E-state index contributed by atoms with van der Waals surface area (Å²) >= 11 is 0. The van der Waals surface area contributed by atoms with Crippen LogP contribution in [0.1, 0.15) is 12.6 Å². The van der Waals surface area contributed by atoms with Crippen LogP contribution in [0.25, 0.3) is 11.1 Å². The van der Waals surface area contributed by atoms with Crippen LogP contribution in [0.5, 0.6) is 0 Å². The Morgan fingerprint density at radius 1 is 1.29 bits per heavy atom. The van der Waals surface area contributed by atoms with Crippen LogP contribution in [-0.2, 0) is 6.42 Å². The molecule has 0 atom stereocenters. The third-order valence-electron chi connectivity index (χ3n) is 2.69. The van der Waals surface area contributed by atoms with Crippen LogP contribution < -0.4 is 11.1 Å². The Morgan fingerprint density at radius 3 is 2.59 bits per heavy atom. The van der Waals surface area contributed by atoms with Gasteiger partial charge in [-0.3, -0.25) is 4.98 Å². The lowest BCUT2D eigenvalue weighted by Crippen LogP contribution is -2.03. The number of nitrogen functional groups attached to an aromatic ring is 1. The third-order valence-corrected chi connectivity index (χ3v) is 2.69. The van der Waals surface area contributed by atoms with Crippen LogP contribution in [0.15, 0.2) is 30.6 Å². The van der Waals surface area contributed by atoms with E-state index in [1.54, 1.807) is 12.4 Å². The number of nitrogens with zero attached hydrogens (tertiary/aromatic N) is 2. The Bertz CT molecular complexity index is 508. The molecule has 0 unspecified atom stereocenters. The van der Waals surface area contributed by atoms with Gasteiger partial charge in [0.25, 0.3) is 0 Å². The Balaban J connectivity index is 2.58. The van der Waals surface area contributed by atoms with E-state index in [9.17, 15) is 0 Å². The molecule has 0 saturated carbocycles. The molecule has 3 N–H and O–H groups in total. The third kappa shape index (κ3) is 2.20. The van der Waals surface area contributed by atoms with E-state index in [1.165, 1.54) is 0 Å². The van der Waals surface area contributed by atoms with Gasteiger partial charge >= 0.3 is 0 Å². The summed E-state index contributed by atoms with van der Waals surface area (Å²) in [6.07, 6.45) is 4.42. The molecular formula is C13H16N4. The number of anilines is 2. The average molecular weight is 228 g/mol. The fourth-order valence-corrected chi connectivity index (χ4v) is 1.82. The van der Waals surface area contributed by atoms with Crippen molar-refractivity contribution in [2.75, 3.05) is 18.1 Å². The van der Waals surface area contributed by atoms with Crippen LogP contribution in [-0.4, -0.2) is 17.0 Å². The highest BCUT2D eigenvalue weighted by atomic mass is 15.0. The molecular weight excluding hydrogens is 212 g/mol. The van der Waals surface area contributed by atoms with E-state index in [-0.39, 0.29) is 0 Å². The highest BCUT2D eigenvalue weighted by Crippen LogP contribution is 2.28. The minimum absolute atomic E-state index is 0.663. The van der Waals surface area contributed by atoms with Crippen molar-refractivity contribution in [3.05, 3.63) is 36.3 Å². The standard InChI is InChI=1S/C13H16N4/c1-3-12-10(9-4-6-16-7-5-9)8-11(14)13(15-2)17-12/h4-8H,3,14H2,1-2H3,(H,15,17). The van der Waals surface area contributed by atoms with Gasteiger partial charge in [-0.2, -0.15) is 0 Å². The molecule has 4 heteroatoms. The number of pyridine rings is 2. The molecule has 4 nitrogen and oxygen atoms in total. The van der Waals surface area contributed by atoms with Gasteiger partial charge < -0.3 is 11.1 Å². The molecule has 0 amide bonds. The van der Waals surface area contributed by atoms with Gasteiger partial charge in [0.05, 0.1) is 11.4 Å². The van der Waals surface area contributed by atoms with Gasteiger partial charge in [-0.25, -0.2) is 4.98 Å². The number of hydrogen-bond acceptors (Lipinski definition) is 4. The molecule has 2 rings (SSSR count). The Kier molecular flexibility index (Phi) is 3.23. The van der Waals surface area contributed by atoms with E-state index in [1.807, 2.05) is 25.2 Å². The van der Waals surface area contributed by atoms with E-state index < -0.39 is 0 Å². The molecule has 0 bridgehead atoms. The monoisotopic (exact) mass is 228 g/mol. The van der Waals surface area contributed by atoms with Gasteiger partial charge in [0, 0.05) is 25.0 Å². The van der Waals surface area contributed by atoms with Crippen molar-refractivity contribution in [3.8, 4) is 11.1 Å². The van der Waals surface area contributed by atoms with Crippen LogP contribution in [0.2, 0.25) is 0 Å². The van der Waals surface area contributed by atoms with Crippen molar-refractivity contribution in [2.45, 2.75) is 13.3 Å². The van der Waals surface area contributed by atoms with Gasteiger partial charge in [0.15, 0.2) is 0 Å². The zero-order valence-electron chi connectivity index (χ0n) is 10.1. The summed E-state index contributed by atoms with van der Waals surface area (Å²) in [4.78, 5) is 8.55. The zero-order valence-corrected chi connectivity index (χ0v) is 10.1.